The Kier molecular flexibility index (Phi) is 9.36. The van der Waals surface area contributed by atoms with Crippen LogP contribution in [0, 0.1) is 0 Å². The van der Waals surface area contributed by atoms with E-state index < -0.39 is 12.0 Å². The number of aromatic nitrogens is 1. The molecule has 0 saturated carbocycles. The number of carbonyl (C=O) groups is 1. The monoisotopic (exact) mass is 646 g/mol. The highest BCUT2D eigenvalue weighted by Crippen LogP contribution is 2.35. The highest BCUT2D eigenvalue weighted by molar-refractivity contribution is 7.10. The molecule has 0 fully saturated rings. The molecule has 2 aromatic carbocycles. The largest absolute Gasteiger partial charge is 0.488 e. The van der Waals surface area contributed by atoms with Crippen molar-refractivity contribution in [3.63, 3.8) is 0 Å². The number of fused-ring (bicyclic) bond motifs is 1. The predicted octanol–water partition coefficient (Wildman–Crippen LogP) is 7.18. The van der Waals surface area contributed by atoms with Crippen molar-refractivity contribution in [1.82, 2.24) is 4.57 Å². The minimum Gasteiger partial charge on any atom is -0.488 e. The van der Waals surface area contributed by atoms with Gasteiger partial charge in [0.2, 0.25) is 0 Å². The maximum absolute atomic E-state index is 14.0. The summed E-state index contributed by atoms with van der Waals surface area (Å²) in [4.78, 5) is 33.4. The van der Waals surface area contributed by atoms with E-state index in [2.05, 4.69) is 0 Å². The lowest BCUT2D eigenvalue weighted by Crippen LogP contribution is -2.39. The molecule has 0 spiro atoms. The number of thiazole rings is 1. The fourth-order valence-electron chi connectivity index (χ4n) is 4.54. The van der Waals surface area contributed by atoms with Crippen LogP contribution in [0.1, 0.15) is 48.7 Å². The van der Waals surface area contributed by atoms with Gasteiger partial charge < -0.3 is 9.47 Å². The van der Waals surface area contributed by atoms with Crippen LogP contribution in [0.3, 0.4) is 0 Å². The summed E-state index contributed by atoms with van der Waals surface area (Å²) in [7, 11) is 0. The number of halogens is 3. The topological polar surface area (TPSA) is 69.9 Å². The molecule has 2 aromatic heterocycles. The number of nitrogens with zero attached hydrogens (tertiary/aromatic N) is 2. The van der Waals surface area contributed by atoms with E-state index in [9.17, 15) is 9.59 Å². The van der Waals surface area contributed by atoms with E-state index in [4.69, 9.17) is 49.3 Å². The lowest BCUT2D eigenvalue weighted by Gasteiger charge is -2.24. The Morgan fingerprint density at radius 3 is 2.59 bits per heavy atom. The van der Waals surface area contributed by atoms with Gasteiger partial charge in [0.05, 0.1) is 22.4 Å². The summed E-state index contributed by atoms with van der Waals surface area (Å²) in [6, 6.07) is 13.6. The SMILES string of the molecule is CCCC1=C(C(=O)OCC)[C@H](c2cccs2)n2c(s/c(=C\c3cc(Cl)ccc3OCc3ccc(Cl)cc3Cl)c2=O)=N1. The summed E-state index contributed by atoms with van der Waals surface area (Å²) < 4.78 is 13.6. The highest BCUT2D eigenvalue weighted by atomic mass is 35.5. The van der Waals surface area contributed by atoms with Crippen molar-refractivity contribution in [2.75, 3.05) is 6.61 Å². The zero-order valence-electron chi connectivity index (χ0n) is 22.2. The van der Waals surface area contributed by atoms with Crippen LogP contribution < -0.4 is 19.6 Å². The van der Waals surface area contributed by atoms with E-state index in [1.807, 2.05) is 24.4 Å². The Morgan fingerprint density at radius 2 is 1.88 bits per heavy atom. The van der Waals surface area contributed by atoms with E-state index in [-0.39, 0.29) is 18.8 Å². The van der Waals surface area contributed by atoms with E-state index in [0.29, 0.717) is 53.4 Å². The molecule has 0 unspecified atom stereocenters. The molecule has 0 bridgehead atoms. The average Bonchev–Trinajstić information content (AvgIpc) is 3.57. The van der Waals surface area contributed by atoms with Crippen LogP contribution in [0.25, 0.3) is 6.08 Å². The van der Waals surface area contributed by atoms with Crippen LogP contribution in [-0.4, -0.2) is 17.1 Å². The number of rotatable bonds is 9. The van der Waals surface area contributed by atoms with Gasteiger partial charge in [0.1, 0.15) is 18.4 Å². The van der Waals surface area contributed by atoms with Crippen molar-refractivity contribution >= 4 is 69.5 Å². The number of ether oxygens (including phenoxy) is 2. The second kappa shape index (κ2) is 13.0. The van der Waals surface area contributed by atoms with Crippen LogP contribution in [0.15, 0.2) is 75.0 Å². The molecule has 1 aliphatic rings. The van der Waals surface area contributed by atoms with Crippen molar-refractivity contribution in [2.45, 2.75) is 39.3 Å². The molecule has 0 radical (unpaired) electrons. The zero-order valence-corrected chi connectivity index (χ0v) is 26.1. The van der Waals surface area contributed by atoms with Crippen molar-refractivity contribution in [1.29, 1.82) is 0 Å². The number of carbonyl (C=O) groups excluding carboxylic acids is 1. The molecular formula is C30H25Cl3N2O4S2. The van der Waals surface area contributed by atoms with Crippen molar-refractivity contribution < 1.29 is 14.3 Å². The van der Waals surface area contributed by atoms with Crippen molar-refractivity contribution in [3.8, 4) is 5.75 Å². The third kappa shape index (κ3) is 6.32. The molecule has 4 aromatic rings. The van der Waals surface area contributed by atoms with E-state index in [1.54, 1.807) is 54.0 Å². The minimum atomic E-state index is -0.629. The van der Waals surface area contributed by atoms with Crippen LogP contribution in [0.2, 0.25) is 15.1 Å². The Balaban J connectivity index is 1.62. The average molecular weight is 648 g/mol. The third-order valence-electron chi connectivity index (χ3n) is 6.36. The summed E-state index contributed by atoms with van der Waals surface area (Å²) in [6.45, 7) is 4.21. The second-order valence-corrected chi connectivity index (χ2v) is 12.4. The summed E-state index contributed by atoms with van der Waals surface area (Å²) in [5.74, 6) is 0.0683. The van der Waals surface area contributed by atoms with Gasteiger partial charge >= 0.3 is 5.97 Å². The van der Waals surface area contributed by atoms with Gasteiger partial charge in [-0.2, -0.15) is 0 Å². The van der Waals surface area contributed by atoms with E-state index in [1.165, 1.54) is 22.7 Å². The van der Waals surface area contributed by atoms with E-state index in [0.717, 1.165) is 16.9 Å². The Labute approximate surface area is 259 Å². The fourth-order valence-corrected chi connectivity index (χ4v) is 7.01. The minimum absolute atomic E-state index is 0.196. The quantitative estimate of drug-likeness (QED) is 0.181. The number of benzene rings is 2. The molecule has 41 heavy (non-hydrogen) atoms. The van der Waals surface area contributed by atoms with Gasteiger partial charge in [0, 0.05) is 31.1 Å². The molecular weight excluding hydrogens is 623 g/mol. The van der Waals surface area contributed by atoms with Crippen molar-refractivity contribution in [2.24, 2.45) is 4.99 Å². The standard InChI is InChI=1S/C30H25Cl3N2O4S2/c1-3-6-22-26(29(37)38-4-2)27(24-7-5-12-40-24)35-28(36)25(41-30(35)34-22)14-18-13-19(31)10-11-23(18)39-16-17-8-9-20(32)15-21(17)33/h5,7-15,27H,3-4,6,16H2,1-2H3/b25-14-/t27-/m0/s1. The summed E-state index contributed by atoms with van der Waals surface area (Å²) >= 11 is 21.4. The zero-order chi connectivity index (χ0) is 29.1. The smallest absolute Gasteiger partial charge is 0.338 e. The normalized spacial score (nSPS) is 15.0. The molecule has 0 amide bonds. The van der Waals surface area contributed by atoms with Gasteiger partial charge in [-0.05, 0) is 61.2 Å². The molecule has 0 saturated heterocycles. The lowest BCUT2D eigenvalue weighted by molar-refractivity contribution is -0.139. The van der Waals surface area contributed by atoms with Gasteiger partial charge in [0.15, 0.2) is 4.80 Å². The van der Waals surface area contributed by atoms with Gasteiger partial charge in [-0.1, -0.05) is 71.6 Å². The molecule has 6 nitrogen and oxygen atoms in total. The second-order valence-electron chi connectivity index (χ2n) is 9.14. The molecule has 5 rings (SSSR count). The van der Waals surface area contributed by atoms with Gasteiger partial charge in [-0.25, -0.2) is 9.79 Å². The first kappa shape index (κ1) is 29.6. The Bertz CT molecular complexity index is 1810. The van der Waals surface area contributed by atoms with Crippen LogP contribution in [0.4, 0.5) is 0 Å². The molecule has 11 heteroatoms. The maximum Gasteiger partial charge on any atom is 0.338 e. The summed E-state index contributed by atoms with van der Waals surface area (Å²) in [6.07, 6.45) is 3.11. The maximum atomic E-state index is 14.0. The summed E-state index contributed by atoms with van der Waals surface area (Å²) in [5.41, 5.74) is 2.17. The molecule has 1 aliphatic heterocycles. The van der Waals surface area contributed by atoms with Crippen molar-refractivity contribution in [3.05, 3.63) is 116 Å². The van der Waals surface area contributed by atoms with Gasteiger partial charge in [0.25, 0.3) is 5.56 Å². The van der Waals surface area contributed by atoms with E-state index >= 15 is 0 Å². The predicted molar refractivity (Wildman–Crippen MR) is 166 cm³/mol. The Morgan fingerprint density at radius 1 is 1.10 bits per heavy atom. The van der Waals surface area contributed by atoms with Gasteiger partial charge in [-0.3, -0.25) is 9.36 Å². The van der Waals surface area contributed by atoms with Gasteiger partial charge in [-0.15, -0.1) is 11.3 Å². The number of allylic oxidation sites excluding steroid dienone is 1. The number of thiophene rings is 1. The molecule has 0 aliphatic carbocycles. The van der Waals surface area contributed by atoms with Crippen LogP contribution in [0.5, 0.6) is 5.75 Å². The fraction of sp³-hybridized carbons (Fsp3) is 0.233. The highest BCUT2D eigenvalue weighted by Gasteiger charge is 2.34. The molecule has 0 N–H and O–H groups in total. The third-order valence-corrected chi connectivity index (χ3v) is 9.09. The lowest BCUT2D eigenvalue weighted by atomic mass is 9.99. The molecule has 1 atom stereocenters. The molecule has 212 valence electrons. The first-order chi connectivity index (χ1) is 19.8. The van der Waals surface area contributed by atoms with Crippen LogP contribution >= 0.6 is 57.5 Å². The first-order valence-corrected chi connectivity index (χ1v) is 15.7. The number of hydrogen-bond donors (Lipinski definition) is 0. The molecule has 3 heterocycles. The number of hydrogen-bond acceptors (Lipinski definition) is 7. The van der Waals surface area contributed by atoms with Crippen LogP contribution in [-0.2, 0) is 16.1 Å². The summed E-state index contributed by atoms with van der Waals surface area (Å²) in [5, 5.41) is 3.45. The number of esters is 1. The first-order valence-electron chi connectivity index (χ1n) is 12.9. The Hall–Kier alpha value is -2.88.